The quantitative estimate of drug-likeness (QED) is 0.856. The number of amides is 1. The number of hydrogen-bond donors (Lipinski definition) is 1. The molecule has 1 amide bonds. The van der Waals surface area contributed by atoms with E-state index in [2.05, 4.69) is 5.10 Å². The Morgan fingerprint density at radius 2 is 2.08 bits per heavy atom. The highest BCUT2D eigenvalue weighted by Gasteiger charge is 2.56. The molecule has 3 rings (SSSR count). The fraction of sp³-hybridized carbons (Fsp3) is 0.706. The van der Waals surface area contributed by atoms with Crippen molar-refractivity contribution >= 4 is 5.91 Å². The van der Waals surface area contributed by atoms with Crippen LogP contribution in [-0.4, -0.2) is 58.1 Å². The summed E-state index contributed by atoms with van der Waals surface area (Å²) in [6, 6.07) is 1.51. The second-order valence-corrected chi connectivity index (χ2v) is 7.00. The lowest BCUT2D eigenvalue weighted by molar-refractivity contribution is -0.202. The first-order valence-electron chi connectivity index (χ1n) is 8.41. The first-order valence-corrected chi connectivity index (χ1v) is 8.41. The van der Waals surface area contributed by atoms with Crippen LogP contribution in [0.2, 0.25) is 0 Å². The lowest BCUT2D eigenvalue weighted by Crippen LogP contribution is -2.62. The molecule has 2 heterocycles. The molecule has 0 aromatic carbocycles. The van der Waals surface area contributed by atoms with Gasteiger partial charge in [-0.3, -0.25) is 9.59 Å². The third-order valence-corrected chi connectivity index (χ3v) is 5.79. The van der Waals surface area contributed by atoms with Gasteiger partial charge in [-0.1, -0.05) is 0 Å². The van der Waals surface area contributed by atoms with Gasteiger partial charge in [0, 0.05) is 38.1 Å². The van der Waals surface area contributed by atoms with E-state index in [1.165, 1.54) is 10.7 Å². The van der Waals surface area contributed by atoms with Crippen LogP contribution in [0, 0.1) is 19.3 Å². The molecule has 1 N–H and O–H groups in total. The Hall–Kier alpha value is -1.73. The van der Waals surface area contributed by atoms with Crippen molar-refractivity contribution in [1.82, 2.24) is 14.7 Å². The number of carbonyl (C=O) groups excluding carboxylic acids is 1. The van der Waals surface area contributed by atoms with Gasteiger partial charge in [0.2, 0.25) is 5.91 Å². The van der Waals surface area contributed by atoms with Crippen LogP contribution in [0.25, 0.3) is 0 Å². The maximum atomic E-state index is 12.5. The van der Waals surface area contributed by atoms with Gasteiger partial charge in [-0.15, -0.1) is 0 Å². The summed E-state index contributed by atoms with van der Waals surface area (Å²) in [4.78, 5) is 26.2. The van der Waals surface area contributed by atoms with Gasteiger partial charge in [-0.25, -0.2) is 4.68 Å². The third-order valence-electron chi connectivity index (χ3n) is 5.79. The van der Waals surface area contributed by atoms with Gasteiger partial charge in [0.1, 0.15) is 6.54 Å². The van der Waals surface area contributed by atoms with E-state index in [0.717, 1.165) is 24.1 Å². The van der Waals surface area contributed by atoms with Crippen LogP contribution in [0.5, 0.6) is 0 Å². The molecule has 24 heavy (non-hydrogen) atoms. The fourth-order valence-corrected chi connectivity index (χ4v) is 3.90. The zero-order chi connectivity index (χ0) is 17.5. The van der Waals surface area contributed by atoms with Crippen LogP contribution in [0.1, 0.15) is 30.5 Å². The Kier molecular flexibility index (Phi) is 4.48. The number of aliphatic hydroxyl groups excluding tert-OH is 1. The van der Waals surface area contributed by atoms with Crippen molar-refractivity contribution in [2.75, 3.05) is 20.2 Å². The second kappa shape index (κ2) is 6.29. The Morgan fingerprint density at radius 3 is 2.67 bits per heavy atom. The summed E-state index contributed by atoms with van der Waals surface area (Å²) >= 11 is 0. The minimum Gasteiger partial charge on any atom is -0.392 e. The average molecular weight is 335 g/mol. The molecule has 2 fully saturated rings. The SMILES string of the molecule is CO[C@H]1C[C@@H](O)C12CCN(C(=O)Cn1nc(C)c(C)cc1=O)CC2. The predicted molar refractivity (Wildman–Crippen MR) is 87.6 cm³/mol. The van der Waals surface area contributed by atoms with Crippen molar-refractivity contribution in [2.45, 2.75) is 51.9 Å². The fourth-order valence-electron chi connectivity index (χ4n) is 3.90. The summed E-state index contributed by atoms with van der Waals surface area (Å²) < 4.78 is 6.69. The molecule has 0 radical (unpaired) electrons. The number of aryl methyl sites for hydroxylation is 2. The Bertz CT molecular complexity index is 692. The predicted octanol–water partition coefficient (Wildman–Crippen LogP) is 0.249. The second-order valence-electron chi connectivity index (χ2n) is 7.00. The van der Waals surface area contributed by atoms with Gasteiger partial charge >= 0.3 is 0 Å². The standard InChI is InChI=1S/C17H25N3O4/c1-11-8-15(22)20(18-12(11)2)10-16(23)19-6-4-17(5-7-19)13(21)9-14(17)24-3/h8,13-14,21H,4-7,9-10H2,1-3H3/t13-,14+/m1/s1. The molecule has 7 heteroatoms. The van der Waals surface area contributed by atoms with Crippen molar-refractivity contribution in [1.29, 1.82) is 0 Å². The van der Waals surface area contributed by atoms with E-state index in [4.69, 9.17) is 4.74 Å². The molecule has 132 valence electrons. The molecular formula is C17H25N3O4. The number of hydrogen-bond acceptors (Lipinski definition) is 5. The van der Waals surface area contributed by atoms with E-state index < -0.39 is 0 Å². The summed E-state index contributed by atoms with van der Waals surface area (Å²) in [5.41, 5.74) is 1.11. The molecule has 1 saturated carbocycles. The van der Waals surface area contributed by atoms with Crippen LogP contribution in [0.4, 0.5) is 0 Å². The van der Waals surface area contributed by atoms with Crippen molar-refractivity contribution < 1.29 is 14.6 Å². The maximum absolute atomic E-state index is 12.5. The first-order chi connectivity index (χ1) is 11.4. The zero-order valence-corrected chi connectivity index (χ0v) is 14.5. The minimum absolute atomic E-state index is 0.0385. The Labute approximate surface area is 141 Å². The van der Waals surface area contributed by atoms with E-state index in [1.54, 1.807) is 12.0 Å². The van der Waals surface area contributed by atoms with E-state index in [-0.39, 0.29) is 35.6 Å². The van der Waals surface area contributed by atoms with Gasteiger partial charge in [0.15, 0.2) is 0 Å². The van der Waals surface area contributed by atoms with Crippen molar-refractivity contribution in [3.63, 3.8) is 0 Å². The summed E-state index contributed by atoms with van der Waals surface area (Å²) in [6.45, 7) is 4.77. The molecule has 1 spiro atoms. The van der Waals surface area contributed by atoms with E-state index in [0.29, 0.717) is 19.5 Å². The number of methoxy groups -OCH3 is 1. The van der Waals surface area contributed by atoms with Gasteiger partial charge in [0.25, 0.3) is 5.56 Å². The summed E-state index contributed by atoms with van der Waals surface area (Å²) in [7, 11) is 1.67. The Morgan fingerprint density at radius 1 is 1.42 bits per heavy atom. The highest BCUT2D eigenvalue weighted by Crippen LogP contribution is 2.50. The molecule has 7 nitrogen and oxygen atoms in total. The number of piperidine rings is 1. The topological polar surface area (TPSA) is 84.7 Å². The third kappa shape index (κ3) is 2.75. The smallest absolute Gasteiger partial charge is 0.267 e. The van der Waals surface area contributed by atoms with Crippen LogP contribution < -0.4 is 5.56 Å². The van der Waals surface area contributed by atoms with Crippen LogP contribution in [0.3, 0.4) is 0 Å². The van der Waals surface area contributed by atoms with E-state index in [9.17, 15) is 14.7 Å². The van der Waals surface area contributed by atoms with Crippen LogP contribution in [0.15, 0.2) is 10.9 Å². The van der Waals surface area contributed by atoms with Gasteiger partial charge < -0.3 is 14.7 Å². The summed E-state index contributed by atoms with van der Waals surface area (Å²) in [5.74, 6) is -0.106. The molecule has 1 aromatic rings. The lowest BCUT2D eigenvalue weighted by atomic mass is 9.58. The lowest BCUT2D eigenvalue weighted by Gasteiger charge is -2.56. The van der Waals surface area contributed by atoms with Crippen molar-refractivity contribution in [3.05, 3.63) is 27.7 Å². The summed E-state index contributed by atoms with van der Waals surface area (Å²) in [6.07, 6.45) is 1.87. The number of likely N-dealkylation sites (tertiary alicyclic amines) is 1. The van der Waals surface area contributed by atoms with Crippen LogP contribution in [-0.2, 0) is 16.1 Å². The molecule has 1 aliphatic carbocycles. The normalized spacial score (nSPS) is 25.6. The molecule has 2 aliphatic rings. The van der Waals surface area contributed by atoms with E-state index in [1.807, 2.05) is 13.8 Å². The Balaban J connectivity index is 1.64. The number of carbonyl (C=O) groups is 1. The molecular weight excluding hydrogens is 310 g/mol. The monoisotopic (exact) mass is 335 g/mol. The van der Waals surface area contributed by atoms with E-state index >= 15 is 0 Å². The minimum atomic E-state index is -0.344. The van der Waals surface area contributed by atoms with Gasteiger partial charge in [-0.05, 0) is 32.3 Å². The molecule has 2 atom stereocenters. The first kappa shape index (κ1) is 17.1. The number of aromatic nitrogens is 2. The number of ether oxygens (including phenoxy) is 1. The number of aliphatic hydroxyl groups is 1. The molecule has 1 aromatic heterocycles. The van der Waals surface area contributed by atoms with Crippen molar-refractivity contribution in [3.8, 4) is 0 Å². The highest BCUT2D eigenvalue weighted by molar-refractivity contribution is 5.76. The number of rotatable bonds is 3. The molecule has 1 saturated heterocycles. The zero-order valence-electron chi connectivity index (χ0n) is 14.5. The average Bonchev–Trinajstić information content (AvgIpc) is 2.57. The van der Waals surface area contributed by atoms with Crippen molar-refractivity contribution in [2.24, 2.45) is 5.41 Å². The highest BCUT2D eigenvalue weighted by atomic mass is 16.5. The van der Waals surface area contributed by atoms with Gasteiger partial charge in [0.05, 0.1) is 17.9 Å². The molecule has 0 unspecified atom stereocenters. The summed E-state index contributed by atoms with van der Waals surface area (Å²) in [5, 5.41) is 14.3. The number of nitrogens with zero attached hydrogens (tertiary/aromatic N) is 3. The molecule has 1 aliphatic heterocycles. The maximum Gasteiger partial charge on any atom is 0.267 e. The van der Waals surface area contributed by atoms with Gasteiger partial charge in [-0.2, -0.15) is 5.10 Å². The van der Waals surface area contributed by atoms with Crippen LogP contribution >= 0.6 is 0 Å². The molecule has 0 bridgehead atoms. The largest absolute Gasteiger partial charge is 0.392 e.